The van der Waals surface area contributed by atoms with Crippen LogP contribution in [0.2, 0.25) is 0 Å². The van der Waals surface area contributed by atoms with Gasteiger partial charge >= 0.3 is 6.03 Å². The minimum Gasteiger partial charge on any atom is -0.495 e. The first kappa shape index (κ1) is 21.4. The van der Waals surface area contributed by atoms with E-state index in [0.717, 1.165) is 35.2 Å². The van der Waals surface area contributed by atoms with Crippen molar-refractivity contribution in [3.63, 3.8) is 0 Å². The zero-order valence-electron chi connectivity index (χ0n) is 18.1. The topological polar surface area (TPSA) is 70.7 Å². The lowest BCUT2D eigenvalue weighted by molar-refractivity contribution is -0.128. The standard InChI is InChI=1S/C26H27N3O3/c1-32-24-10-5-4-9-23(24)28-26(31)27-17-21-7-2-3-8-22(21)20-14-12-19(13-15-20)18-29-16-6-11-25(29)30/h2-5,7-10,12-15H,6,11,16-18H2,1H3,(H2,27,28,31). The van der Waals surface area contributed by atoms with E-state index in [1.165, 1.54) is 0 Å². The molecule has 164 valence electrons. The van der Waals surface area contributed by atoms with E-state index in [2.05, 4.69) is 34.9 Å². The molecule has 6 heteroatoms. The molecule has 1 aliphatic heterocycles. The van der Waals surface area contributed by atoms with E-state index >= 15 is 0 Å². The number of ether oxygens (including phenoxy) is 1. The Labute approximate surface area is 188 Å². The molecule has 1 fully saturated rings. The van der Waals surface area contributed by atoms with Crippen molar-refractivity contribution in [2.75, 3.05) is 19.0 Å². The van der Waals surface area contributed by atoms with Crippen LogP contribution < -0.4 is 15.4 Å². The molecular formula is C26H27N3O3. The van der Waals surface area contributed by atoms with Crippen LogP contribution in [0.1, 0.15) is 24.0 Å². The van der Waals surface area contributed by atoms with Crippen LogP contribution >= 0.6 is 0 Å². The highest BCUT2D eigenvalue weighted by Crippen LogP contribution is 2.26. The zero-order chi connectivity index (χ0) is 22.3. The van der Waals surface area contributed by atoms with E-state index in [1.807, 2.05) is 41.3 Å². The van der Waals surface area contributed by atoms with Gasteiger partial charge in [0.2, 0.25) is 5.91 Å². The van der Waals surface area contributed by atoms with E-state index in [1.54, 1.807) is 19.2 Å². The summed E-state index contributed by atoms with van der Waals surface area (Å²) in [5, 5.41) is 5.75. The average Bonchev–Trinajstić information content (AvgIpc) is 3.23. The van der Waals surface area contributed by atoms with Crippen LogP contribution in [0.3, 0.4) is 0 Å². The van der Waals surface area contributed by atoms with Crippen LogP contribution in [0.15, 0.2) is 72.8 Å². The van der Waals surface area contributed by atoms with E-state index < -0.39 is 0 Å². The molecule has 6 nitrogen and oxygen atoms in total. The number of hydrogen-bond acceptors (Lipinski definition) is 3. The van der Waals surface area contributed by atoms with Crippen molar-refractivity contribution < 1.29 is 14.3 Å². The lowest BCUT2D eigenvalue weighted by Crippen LogP contribution is -2.28. The number of carbonyl (C=O) groups is 2. The second-order valence-corrected chi connectivity index (χ2v) is 7.78. The number of amides is 3. The number of para-hydroxylation sites is 2. The first-order valence-electron chi connectivity index (χ1n) is 10.8. The second-order valence-electron chi connectivity index (χ2n) is 7.78. The van der Waals surface area contributed by atoms with Crippen molar-refractivity contribution in [3.05, 3.63) is 83.9 Å². The molecule has 1 aliphatic rings. The molecule has 3 amide bonds. The third kappa shape index (κ3) is 5.09. The Morgan fingerprint density at radius 2 is 1.75 bits per heavy atom. The minimum atomic E-state index is -0.296. The number of likely N-dealkylation sites (tertiary alicyclic amines) is 1. The van der Waals surface area contributed by atoms with Crippen LogP contribution in [0.25, 0.3) is 11.1 Å². The molecule has 4 rings (SSSR count). The molecule has 0 saturated carbocycles. The molecule has 1 heterocycles. The number of nitrogens with zero attached hydrogens (tertiary/aromatic N) is 1. The van der Waals surface area contributed by atoms with Gasteiger partial charge in [-0.1, -0.05) is 60.7 Å². The summed E-state index contributed by atoms with van der Waals surface area (Å²) in [6.07, 6.45) is 1.60. The van der Waals surface area contributed by atoms with Gasteiger partial charge in [-0.2, -0.15) is 0 Å². The predicted octanol–water partition coefficient (Wildman–Crippen LogP) is 4.81. The van der Waals surface area contributed by atoms with Crippen LogP contribution in [0, 0.1) is 0 Å². The maximum absolute atomic E-state index is 12.4. The molecule has 0 aromatic heterocycles. The Balaban J connectivity index is 1.41. The number of benzene rings is 3. The highest BCUT2D eigenvalue weighted by molar-refractivity contribution is 5.91. The summed E-state index contributed by atoms with van der Waals surface area (Å²) in [5.74, 6) is 0.843. The van der Waals surface area contributed by atoms with Crippen molar-refractivity contribution in [1.82, 2.24) is 10.2 Å². The van der Waals surface area contributed by atoms with Crippen molar-refractivity contribution in [2.45, 2.75) is 25.9 Å². The van der Waals surface area contributed by atoms with Crippen molar-refractivity contribution in [3.8, 4) is 16.9 Å². The molecule has 3 aromatic rings. The molecular weight excluding hydrogens is 402 g/mol. The third-order valence-electron chi connectivity index (χ3n) is 5.62. The molecule has 0 radical (unpaired) electrons. The van der Waals surface area contributed by atoms with Crippen molar-refractivity contribution in [2.24, 2.45) is 0 Å². The van der Waals surface area contributed by atoms with Gasteiger partial charge in [0.1, 0.15) is 5.75 Å². The largest absolute Gasteiger partial charge is 0.495 e. The van der Waals surface area contributed by atoms with E-state index in [-0.39, 0.29) is 11.9 Å². The predicted molar refractivity (Wildman–Crippen MR) is 125 cm³/mol. The molecule has 1 saturated heterocycles. The summed E-state index contributed by atoms with van der Waals surface area (Å²) in [5.41, 5.74) is 4.90. The average molecular weight is 430 g/mol. The normalized spacial score (nSPS) is 13.2. The summed E-state index contributed by atoms with van der Waals surface area (Å²) in [6.45, 7) is 1.89. The fraction of sp³-hybridized carbons (Fsp3) is 0.231. The number of methoxy groups -OCH3 is 1. The maximum Gasteiger partial charge on any atom is 0.319 e. The second kappa shape index (κ2) is 10.0. The molecule has 32 heavy (non-hydrogen) atoms. The molecule has 0 bridgehead atoms. The fourth-order valence-corrected chi connectivity index (χ4v) is 3.93. The highest BCUT2D eigenvalue weighted by Gasteiger charge is 2.20. The van der Waals surface area contributed by atoms with Crippen molar-refractivity contribution >= 4 is 17.6 Å². The quantitative estimate of drug-likeness (QED) is 0.566. The Morgan fingerprint density at radius 3 is 2.50 bits per heavy atom. The SMILES string of the molecule is COc1ccccc1NC(=O)NCc1ccccc1-c1ccc(CN2CCCC2=O)cc1. The van der Waals surface area contributed by atoms with Gasteiger partial charge in [0.05, 0.1) is 12.8 Å². The Bertz CT molecular complexity index is 1100. The summed E-state index contributed by atoms with van der Waals surface area (Å²) in [6, 6.07) is 23.3. The zero-order valence-corrected chi connectivity index (χ0v) is 18.1. The minimum absolute atomic E-state index is 0.233. The number of urea groups is 1. The number of hydrogen-bond donors (Lipinski definition) is 2. The first-order chi connectivity index (χ1) is 15.6. The summed E-state index contributed by atoms with van der Waals surface area (Å²) in [7, 11) is 1.57. The number of nitrogens with one attached hydrogen (secondary N) is 2. The number of rotatable bonds is 7. The monoisotopic (exact) mass is 429 g/mol. The van der Waals surface area contributed by atoms with Gasteiger partial charge in [-0.25, -0.2) is 4.79 Å². The van der Waals surface area contributed by atoms with Crippen molar-refractivity contribution in [1.29, 1.82) is 0 Å². The summed E-state index contributed by atoms with van der Waals surface area (Å²) < 4.78 is 5.28. The Kier molecular flexibility index (Phi) is 6.70. The van der Waals surface area contributed by atoms with Crippen LogP contribution in [-0.4, -0.2) is 30.5 Å². The van der Waals surface area contributed by atoms with Crippen LogP contribution in [0.4, 0.5) is 10.5 Å². The third-order valence-corrected chi connectivity index (χ3v) is 5.62. The Morgan fingerprint density at radius 1 is 1.00 bits per heavy atom. The molecule has 3 aromatic carbocycles. The number of anilines is 1. The van der Waals surface area contributed by atoms with Gasteiger partial charge in [0.25, 0.3) is 0 Å². The lowest BCUT2D eigenvalue weighted by atomic mass is 9.98. The highest BCUT2D eigenvalue weighted by atomic mass is 16.5. The van der Waals surface area contributed by atoms with Gasteiger partial charge in [-0.15, -0.1) is 0 Å². The summed E-state index contributed by atoms with van der Waals surface area (Å²) in [4.78, 5) is 26.2. The van der Waals surface area contributed by atoms with Gasteiger partial charge in [0.15, 0.2) is 0 Å². The first-order valence-corrected chi connectivity index (χ1v) is 10.8. The van der Waals surface area contributed by atoms with Gasteiger partial charge in [-0.05, 0) is 40.8 Å². The van der Waals surface area contributed by atoms with Crippen LogP contribution in [-0.2, 0) is 17.9 Å². The van der Waals surface area contributed by atoms with Gasteiger partial charge < -0.3 is 20.3 Å². The molecule has 0 spiro atoms. The maximum atomic E-state index is 12.4. The van der Waals surface area contributed by atoms with E-state index in [9.17, 15) is 9.59 Å². The fourth-order valence-electron chi connectivity index (χ4n) is 3.93. The van der Waals surface area contributed by atoms with E-state index in [0.29, 0.717) is 30.9 Å². The smallest absolute Gasteiger partial charge is 0.319 e. The van der Waals surface area contributed by atoms with Gasteiger partial charge in [-0.3, -0.25) is 4.79 Å². The lowest BCUT2D eigenvalue weighted by Gasteiger charge is -2.16. The molecule has 0 unspecified atom stereocenters. The Hall–Kier alpha value is -3.80. The van der Waals surface area contributed by atoms with Gasteiger partial charge in [0, 0.05) is 26.1 Å². The molecule has 0 atom stereocenters. The van der Waals surface area contributed by atoms with Crippen LogP contribution in [0.5, 0.6) is 5.75 Å². The van der Waals surface area contributed by atoms with E-state index in [4.69, 9.17) is 4.74 Å². The molecule has 0 aliphatic carbocycles. The summed E-state index contributed by atoms with van der Waals surface area (Å²) >= 11 is 0. The number of carbonyl (C=O) groups excluding carboxylic acids is 2. The molecule has 2 N–H and O–H groups in total.